The Hall–Kier alpha value is -4.02. The van der Waals surface area contributed by atoms with E-state index in [9.17, 15) is 14.7 Å². The lowest BCUT2D eigenvalue weighted by Gasteiger charge is -2.25. The smallest absolute Gasteiger partial charge is 0.269 e. The number of fused-ring (bicyclic) bond motifs is 1. The van der Waals surface area contributed by atoms with Gasteiger partial charge in [-0.05, 0) is 53.8 Å². The molecule has 4 rings (SSSR count). The van der Waals surface area contributed by atoms with Crippen LogP contribution in [0.2, 0.25) is 0 Å². The fraction of sp³-hybridized carbons (Fsp3) is 0.310. The Bertz CT molecular complexity index is 1310. The number of carbonyl (C=O) groups excluding carboxylic acids is 2. The largest absolute Gasteiger partial charge is 0.396 e. The number of aromatic nitrogens is 1. The van der Waals surface area contributed by atoms with Crippen molar-refractivity contribution in [2.45, 2.75) is 45.7 Å². The lowest BCUT2D eigenvalue weighted by Crippen LogP contribution is -2.29. The van der Waals surface area contributed by atoms with Crippen molar-refractivity contribution in [3.63, 3.8) is 0 Å². The van der Waals surface area contributed by atoms with Crippen LogP contribution in [-0.2, 0) is 11.3 Å². The molecule has 0 saturated carbocycles. The van der Waals surface area contributed by atoms with Gasteiger partial charge < -0.3 is 15.3 Å². The average Bonchev–Trinajstić information content (AvgIpc) is 3.29. The van der Waals surface area contributed by atoms with Crippen molar-refractivity contribution in [2.75, 3.05) is 13.2 Å². The molecule has 0 unspecified atom stereocenters. The molecule has 2 heterocycles. The van der Waals surface area contributed by atoms with Gasteiger partial charge in [-0.25, -0.2) is 4.98 Å². The van der Waals surface area contributed by atoms with E-state index in [1.54, 1.807) is 23.1 Å². The van der Waals surface area contributed by atoms with E-state index in [1.165, 1.54) is 0 Å². The maximum absolute atomic E-state index is 12.9. The summed E-state index contributed by atoms with van der Waals surface area (Å²) in [5.41, 5.74) is 6.05. The number of pyridine rings is 1. The van der Waals surface area contributed by atoms with Crippen LogP contribution in [0.3, 0.4) is 0 Å². The minimum absolute atomic E-state index is 0.00100. The topological polar surface area (TPSA) is 106 Å². The molecule has 1 aliphatic heterocycles. The van der Waals surface area contributed by atoms with E-state index in [-0.39, 0.29) is 24.5 Å². The highest BCUT2D eigenvalue weighted by Crippen LogP contribution is 2.42. The number of nitriles is 1. The number of amides is 2. The van der Waals surface area contributed by atoms with E-state index in [1.807, 2.05) is 50.2 Å². The molecule has 1 aliphatic rings. The van der Waals surface area contributed by atoms with Crippen molar-refractivity contribution >= 4 is 11.8 Å². The summed E-state index contributed by atoms with van der Waals surface area (Å²) in [4.78, 5) is 32.3. The molecule has 1 atom stereocenters. The summed E-state index contributed by atoms with van der Waals surface area (Å²) < 4.78 is 0. The third kappa shape index (κ3) is 5.00. The van der Waals surface area contributed by atoms with Crippen LogP contribution in [0, 0.1) is 11.3 Å². The van der Waals surface area contributed by atoms with Crippen LogP contribution in [-0.4, -0.2) is 40.0 Å². The molecule has 0 saturated heterocycles. The second kappa shape index (κ2) is 11.1. The Morgan fingerprint density at radius 3 is 2.53 bits per heavy atom. The molecular weight excluding hydrogens is 452 g/mol. The summed E-state index contributed by atoms with van der Waals surface area (Å²) in [5, 5.41) is 21.8. The molecule has 184 valence electrons. The molecule has 1 aromatic heterocycles. The van der Waals surface area contributed by atoms with Gasteiger partial charge in [0.15, 0.2) is 0 Å². The van der Waals surface area contributed by atoms with Crippen LogP contribution in [0.15, 0.2) is 54.6 Å². The Kier molecular flexibility index (Phi) is 7.77. The Labute approximate surface area is 211 Å². The number of benzene rings is 2. The van der Waals surface area contributed by atoms with Crippen LogP contribution in [0.1, 0.15) is 66.3 Å². The monoisotopic (exact) mass is 482 g/mol. The van der Waals surface area contributed by atoms with Gasteiger partial charge in [0, 0.05) is 37.2 Å². The standard InChI is InChI=1S/C29H30N4O3/c1-3-13-31-29(36)24-16-23-18-33(26(35)4-2)25(12-14-34)27(23)28(32-24)22-7-5-6-21(15-22)20-10-8-19(17-30)9-11-20/h5-11,15-16,25,34H,3-4,12-14,18H2,1-2H3,(H,31,36)/t25-/m0/s1. The zero-order valence-electron chi connectivity index (χ0n) is 20.6. The zero-order chi connectivity index (χ0) is 25.7. The summed E-state index contributed by atoms with van der Waals surface area (Å²) in [5.74, 6) is -0.248. The molecule has 7 heteroatoms. The summed E-state index contributed by atoms with van der Waals surface area (Å²) in [6.45, 7) is 4.68. The van der Waals surface area contributed by atoms with Gasteiger partial charge in [-0.3, -0.25) is 9.59 Å². The molecule has 0 bridgehead atoms. The average molecular weight is 483 g/mol. The predicted molar refractivity (Wildman–Crippen MR) is 138 cm³/mol. The van der Waals surface area contributed by atoms with Gasteiger partial charge in [-0.1, -0.05) is 44.2 Å². The summed E-state index contributed by atoms with van der Waals surface area (Å²) >= 11 is 0. The molecule has 0 radical (unpaired) electrons. The van der Waals surface area contributed by atoms with Crippen molar-refractivity contribution in [3.8, 4) is 28.5 Å². The number of rotatable bonds is 8. The number of hydrogen-bond donors (Lipinski definition) is 2. The third-order valence-electron chi connectivity index (χ3n) is 6.47. The van der Waals surface area contributed by atoms with Crippen LogP contribution in [0.5, 0.6) is 0 Å². The van der Waals surface area contributed by atoms with Gasteiger partial charge in [0.05, 0.1) is 23.4 Å². The zero-order valence-corrected chi connectivity index (χ0v) is 20.6. The molecule has 0 aliphatic carbocycles. The van der Waals surface area contributed by atoms with Crippen molar-refractivity contribution in [1.29, 1.82) is 5.26 Å². The highest BCUT2D eigenvalue weighted by atomic mass is 16.3. The van der Waals surface area contributed by atoms with Gasteiger partial charge in [-0.2, -0.15) is 5.26 Å². The van der Waals surface area contributed by atoms with Crippen molar-refractivity contribution in [1.82, 2.24) is 15.2 Å². The molecule has 0 fully saturated rings. The lowest BCUT2D eigenvalue weighted by atomic mass is 9.93. The lowest BCUT2D eigenvalue weighted by molar-refractivity contribution is -0.133. The van der Waals surface area contributed by atoms with Crippen molar-refractivity contribution < 1.29 is 14.7 Å². The van der Waals surface area contributed by atoms with E-state index in [4.69, 9.17) is 10.2 Å². The number of nitrogens with one attached hydrogen (secondary N) is 1. The Balaban J connectivity index is 1.86. The van der Waals surface area contributed by atoms with E-state index in [0.717, 1.165) is 34.2 Å². The minimum Gasteiger partial charge on any atom is -0.396 e. The van der Waals surface area contributed by atoms with E-state index in [0.29, 0.717) is 42.9 Å². The molecule has 2 amide bonds. The fourth-order valence-corrected chi connectivity index (χ4v) is 4.70. The maximum Gasteiger partial charge on any atom is 0.269 e. The maximum atomic E-state index is 12.9. The number of aliphatic hydroxyl groups is 1. The first-order valence-corrected chi connectivity index (χ1v) is 12.3. The van der Waals surface area contributed by atoms with E-state index < -0.39 is 0 Å². The first-order valence-electron chi connectivity index (χ1n) is 12.3. The Morgan fingerprint density at radius 2 is 1.86 bits per heavy atom. The van der Waals surface area contributed by atoms with Crippen molar-refractivity contribution in [3.05, 3.63) is 77.0 Å². The highest BCUT2D eigenvalue weighted by Gasteiger charge is 2.36. The Morgan fingerprint density at radius 1 is 1.11 bits per heavy atom. The van der Waals surface area contributed by atoms with Crippen LogP contribution >= 0.6 is 0 Å². The molecular formula is C29H30N4O3. The number of aliphatic hydroxyl groups excluding tert-OH is 1. The van der Waals surface area contributed by atoms with Crippen LogP contribution in [0.4, 0.5) is 0 Å². The van der Waals surface area contributed by atoms with Gasteiger partial charge >= 0.3 is 0 Å². The van der Waals surface area contributed by atoms with Gasteiger partial charge in [0.1, 0.15) is 5.69 Å². The van der Waals surface area contributed by atoms with E-state index >= 15 is 0 Å². The fourth-order valence-electron chi connectivity index (χ4n) is 4.70. The summed E-state index contributed by atoms with van der Waals surface area (Å²) in [6, 6.07) is 18.9. The molecule has 0 spiro atoms. The predicted octanol–water partition coefficient (Wildman–Crippen LogP) is 4.60. The normalized spacial score (nSPS) is 14.3. The molecule has 7 nitrogen and oxygen atoms in total. The number of nitrogens with zero attached hydrogens (tertiary/aromatic N) is 3. The molecule has 2 N–H and O–H groups in total. The molecule has 2 aromatic carbocycles. The highest BCUT2D eigenvalue weighted by molar-refractivity contribution is 5.94. The first kappa shape index (κ1) is 25.1. The summed E-state index contributed by atoms with van der Waals surface area (Å²) in [6.07, 6.45) is 1.56. The summed E-state index contributed by atoms with van der Waals surface area (Å²) in [7, 11) is 0. The first-order chi connectivity index (χ1) is 17.5. The van der Waals surface area contributed by atoms with Crippen LogP contribution < -0.4 is 5.32 Å². The SMILES string of the molecule is CCCNC(=O)c1cc2c(c(-c3cccc(-c4ccc(C#N)cc4)c3)n1)[C@H](CCO)N(C(=O)CC)C2. The van der Waals surface area contributed by atoms with Gasteiger partial charge in [-0.15, -0.1) is 0 Å². The second-order valence-electron chi connectivity index (χ2n) is 8.86. The number of hydrogen-bond acceptors (Lipinski definition) is 5. The quantitative estimate of drug-likeness (QED) is 0.488. The van der Waals surface area contributed by atoms with E-state index in [2.05, 4.69) is 11.4 Å². The van der Waals surface area contributed by atoms with Crippen LogP contribution in [0.25, 0.3) is 22.4 Å². The van der Waals surface area contributed by atoms with Gasteiger partial charge in [0.25, 0.3) is 5.91 Å². The number of carbonyl (C=O) groups is 2. The van der Waals surface area contributed by atoms with Gasteiger partial charge in [0.2, 0.25) is 5.91 Å². The molecule has 3 aromatic rings. The third-order valence-corrected chi connectivity index (χ3v) is 6.47. The molecule has 36 heavy (non-hydrogen) atoms. The van der Waals surface area contributed by atoms with Crippen molar-refractivity contribution in [2.24, 2.45) is 0 Å². The second-order valence-corrected chi connectivity index (χ2v) is 8.86. The minimum atomic E-state index is -0.314.